The molecule has 0 bridgehead atoms. The van der Waals surface area contributed by atoms with Gasteiger partial charge in [0.1, 0.15) is 0 Å². The minimum Gasteiger partial charge on any atom is -0.330 e. The van der Waals surface area contributed by atoms with Gasteiger partial charge in [0.05, 0.1) is 22.1 Å². The van der Waals surface area contributed by atoms with Crippen molar-refractivity contribution in [3.63, 3.8) is 0 Å². The van der Waals surface area contributed by atoms with Crippen LogP contribution in [0.3, 0.4) is 0 Å². The molecule has 5 nitrogen and oxygen atoms in total. The number of hydrogen-bond acceptors (Lipinski definition) is 4. The lowest BCUT2D eigenvalue weighted by Gasteiger charge is -2.31. The van der Waals surface area contributed by atoms with E-state index in [0.717, 1.165) is 18.6 Å². The maximum atomic E-state index is 12.8. The van der Waals surface area contributed by atoms with Gasteiger partial charge >= 0.3 is 6.18 Å². The van der Waals surface area contributed by atoms with Crippen LogP contribution >= 0.6 is 12.4 Å². The van der Waals surface area contributed by atoms with Gasteiger partial charge in [0, 0.05) is 13.1 Å². The molecule has 2 N–H and O–H groups in total. The van der Waals surface area contributed by atoms with Crippen LogP contribution in [0.5, 0.6) is 0 Å². The summed E-state index contributed by atoms with van der Waals surface area (Å²) in [5.74, 6) is 0.0309. The van der Waals surface area contributed by atoms with Gasteiger partial charge in [-0.1, -0.05) is 0 Å². The molecule has 1 heterocycles. The number of piperidine rings is 1. The zero-order valence-electron chi connectivity index (χ0n) is 12.6. The first-order valence-corrected chi connectivity index (χ1v) is 8.45. The molecule has 1 aromatic carbocycles. The van der Waals surface area contributed by atoms with Crippen LogP contribution in [-0.2, 0) is 16.2 Å². The number of alkyl halides is 3. The maximum Gasteiger partial charge on any atom is 0.417 e. The molecule has 134 valence electrons. The fourth-order valence-corrected chi connectivity index (χ4v) is 4.19. The van der Waals surface area contributed by atoms with Crippen LogP contribution in [0.15, 0.2) is 23.1 Å². The molecule has 10 heteroatoms. The van der Waals surface area contributed by atoms with Crippen LogP contribution in [0.25, 0.3) is 0 Å². The average molecular weight is 384 g/mol. The van der Waals surface area contributed by atoms with E-state index in [1.54, 1.807) is 0 Å². The van der Waals surface area contributed by atoms with Crippen molar-refractivity contribution in [3.8, 4) is 6.07 Å². The Morgan fingerprint density at radius 1 is 1.38 bits per heavy atom. The summed E-state index contributed by atoms with van der Waals surface area (Å²) in [5.41, 5.74) is 3.73. The van der Waals surface area contributed by atoms with E-state index in [1.807, 2.05) is 0 Å². The number of sulfonamides is 1. The summed E-state index contributed by atoms with van der Waals surface area (Å²) in [4.78, 5) is -0.306. The number of hydrogen-bond donors (Lipinski definition) is 1. The van der Waals surface area contributed by atoms with Gasteiger partial charge in [-0.2, -0.15) is 22.7 Å². The van der Waals surface area contributed by atoms with E-state index in [-0.39, 0.29) is 29.8 Å². The first-order valence-electron chi connectivity index (χ1n) is 7.01. The fraction of sp³-hybridized carbons (Fsp3) is 0.500. The first-order chi connectivity index (χ1) is 10.7. The Hall–Kier alpha value is -1.34. The smallest absolute Gasteiger partial charge is 0.330 e. The second kappa shape index (κ2) is 7.70. The fourth-order valence-electron chi connectivity index (χ4n) is 2.61. The molecule has 1 aromatic rings. The standard InChI is InChI=1S/C14H16F3N3O2S.ClH/c15-14(16,17)13-4-3-12(6-11(13)8-19)23(21,22)20-5-1-2-10(7-18)9-20;/h3-4,6,10H,1-2,5,7,9,18H2;1H. The molecule has 1 aliphatic heterocycles. The van der Waals surface area contributed by atoms with Crippen molar-refractivity contribution in [2.24, 2.45) is 11.7 Å². The largest absolute Gasteiger partial charge is 0.417 e. The molecular formula is C14H17ClF3N3O2S. The Morgan fingerprint density at radius 2 is 2.04 bits per heavy atom. The van der Waals surface area contributed by atoms with Gasteiger partial charge < -0.3 is 5.73 Å². The molecule has 24 heavy (non-hydrogen) atoms. The van der Waals surface area contributed by atoms with Crippen molar-refractivity contribution >= 4 is 22.4 Å². The van der Waals surface area contributed by atoms with E-state index in [9.17, 15) is 21.6 Å². The molecule has 0 spiro atoms. The lowest BCUT2D eigenvalue weighted by molar-refractivity contribution is -0.137. The zero-order chi connectivity index (χ0) is 17.3. The molecule has 1 unspecified atom stereocenters. The Kier molecular flexibility index (Phi) is 6.64. The highest BCUT2D eigenvalue weighted by Gasteiger charge is 2.35. The van der Waals surface area contributed by atoms with E-state index in [1.165, 1.54) is 10.4 Å². The van der Waals surface area contributed by atoms with Crippen LogP contribution in [0.4, 0.5) is 13.2 Å². The third-order valence-corrected chi connectivity index (χ3v) is 5.73. The van der Waals surface area contributed by atoms with Crippen molar-refractivity contribution in [1.82, 2.24) is 4.31 Å². The predicted octanol–water partition coefficient (Wildman–Crippen LogP) is 2.36. The Morgan fingerprint density at radius 3 is 2.58 bits per heavy atom. The molecule has 0 aromatic heterocycles. The average Bonchev–Trinajstić information content (AvgIpc) is 2.53. The predicted molar refractivity (Wildman–Crippen MR) is 83.9 cm³/mol. The van der Waals surface area contributed by atoms with Gasteiger partial charge in [-0.25, -0.2) is 8.42 Å². The van der Waals surface area contributed by atoms with Crippen LogP contribution in [0, 0.1) is 17.2 Å². The van der Waals surface area contributed by atoms with E-state index in [2.05, 4.69) is 0 Å². The summed E-state index contributed by atoms with van der Waals surface area (Å²) in [5, 5.41) is 8.89. The summed E-state index contributed by atoms with van der Waals surface area (Å²) >= 11 is 0. The Balaban J connectivity index is 0.00000288. The second-order valence-electron chi connectivity index (χ2n) is 5.42. The van der Waals surface area contributed by atoms with Gasteiger partial charge in [0.15, 0.2) is 0 Å². The summed E-state index contributed by atoms with van der Waals surface area (Å²) < 4.78 is 64.7. The number of nitrogens with two attached hydrogens (primary N) is 1. The Bertz CT molecular complexity index is 732. The van der Waals surface area contributed by atoms with Gasteiger partial charge in [-0.3, -0.25) is 0 Å². The number of halogens is 4. The highest BCUT2D eigenvalue weighted by Crippen LogP contribution is 2.33. The van der Waals surface area contributed by atoms with Crippen LogP contribution in [0.2, 0.25) is 0 Å². The molecule has 1 fully saturated rings. The van der Waals surface area contributed by atoms with Crippen molar-refractivity contribution in [1.29, 1.82) is 5.26 Å². The molecule has 1 aliphatic rings. The van der Waals surface area contributed by atoms with Crippen LogP contribution < -0.4 is 5.73 Å². The molecule has 2 rings (SSSR count). The molecule has 0 saturated carbocycles. The third kappa shape index (κ3) is 4.19. The minimum absolute atomic E-state index is 0. The third-order valence-electron chi connectivity index (χ3n) is 3.87. The van der Waals surface area contributed by atoms with Gasteiger partial charge in [0.2, 0.25) is 10.0 Å². The van der Waals surface area contributed by atoms with E-state index in [4.69, 9.17) is 11.0 Å². The topological polar surface area (TPSA) is 87.2 Å². The second-order valence-corrected chi connectivity index (χ2v) is 7.36. The van der Waals surface area contributed by atoms with Gasteiger partial charge in [-0.05, 0) is 43.5 Å². The normalized spacial score (nSPS) is 19.4. The lowest BCUT2D eigenvalue weighted by Crippen LogP contribution is -2.42. The highest BCUT2D eigenvalue weighted by atomic mass is 35.5. The molecular weight excluding hydrogens is 367 g/mol. The Labute approximate surface area is 144 Å². The number of benzene rings is 1. The van der Waals surface area contributed by atoms with Gasteiger partial charge in [-0.15, -0.1) is 12.4 Å². The van der Waals surface area contributed by atoms with Crippen LogP contribution in [-0.4, -0.2) is 32.4 Å². The minimum atomic E-state index is -4.71. The SMILES string of the molecule is Cl.N#Cc1cc(S(=O)(=O)N2CCCC(CN)C2)ccc1C(F)(F)F. The monoisotopic (exact) mass is 383 g/mol. The number of nitriles is 1. The maximum absolute atomic E-state index is 12.8. The molecule has 0 radical (unpaired) electrons. The number of nitrogens with zero attached hydrogens (tertiary/aromatic N) is 2. The molecule has 1 saturated heterocycles. The van der Waals surface area contributed by atoms with Crippen molar-refractivity contribution < 1.29 is 21.6 Å². The molecule has 1 atom stereocenters. The van der Waals surface area contributed by atoms with Crippen molar-refractivity contribution in [2.45, 2.75) is 23.9 Å². The van der Waals surface area contributed by atoms with Gasteiger partial charge in [0.25, 0.3) is 0 Å². The molecule has 0 aliphatic carbocycles. The van der Waals surface area contributed by atoms with E-state index in [0.29, 0.717) is 25.6 Å². The first kappa shape index (κ1) is 20.7. The summed E-state index contributed by atoms with van der Waals surface area (Å²) in [6, 6.07) is 3.73. The lowest BCUT2D eigenvalue weighted by atomic mass is 10.0. The summed E-state index contributed by atoms with van der Waals surface area (Å²) in [6.45, 7) is 0.881. The van der Waals surface area contributed by atoms with E-state index >= 15 is 0 Å². The highest BCUT2D eigenvalue weighted by molar-refractivity contribution is 7.89. The quantitative estimate of drug-likeness (QED) is 0.867. The van der Waals surface area contributed by atoms with Crippen LogP contribution in [0.1, 0.15) is 24.0 Å². The molecule has 0 amide bonds. The van der Waals surface area contributed by atoms with Crippen molar-refractivity contribution in [2.75, 3.05) is 19.6 Å². The van der Waals surface area contributed by atoms with E-state index < -0.39 is 27.3 Å². The summed E-state index contributed by atoms with van der Waals surface area (Å²) in [6.07, 6.45) is -3.24. The van der Waals surface area contributed by atoms with Crippen molar-refractivity contribution in [3.05, 3.63) is 29.3 Å². The summed E-state index contributed by atoms with van der Waals surface area (Å²) in [7, 11) is -3.94. The number of rotatable bonds is 3. The zero-order valence-corrected chi connectivity index (χ0v) is 14.2.